The first kappa shape index (κ1) is 11.8. The van der Waals surface area contributed by atoms with Crippen LogP contribution < -0.4 is 10.7 Å². The Balaban J connectivity index is 2.78. The summed E-state index contributed by atoms with van der Waals surface area (Å²) in [6, 6.07) is 0. The van der Waals surface area contributed by atoms with Crippen molar-refractivity contribution in [3.8, 4) is 0 Å². The summed E-state index contributed by atoms with van der Waals surface area (Å²) >= 11 is 6.21. The van der Waals surface area contributed by atoms with Gasteiger partial charge in [0.05, 0.1) is 10.9 Å². The quantitative estimate of drug-likeness (QED) is 0.741. The summed E-state index contributed by atoms with van der Waals surface area (Å²) in [5.41, 5.74) is -1.61. The molecule has 1 amide bonds. The summed E-state index contributed by atoms with van der Waals surface area (Å²) in [4.78, 5) is 23.0. The summed E-state index contributed by atoms with van der Waals surface area (Å²) in [6.45, 7) is 1.51. The molecule has 2 heterocycles. The lowest BCUT2D eigenvalue weighted by Crippen LogP contribution is -2.42. The second-order valence-corrected chi connectivity index (χ2v) is 5.43. The van der Waals surface area contributed by atoms with Crippen LogP contribution in [0.15, 0.2) is 19.9 Å². The lowest BCUT2D eigenvalue weighted by molar-refractivity contribution is -0.126. The van der Waals surface area contributed by atoms with Gasteiger partial charge >= 0.3 is 0 Å². The van der Waals surface area contributed by atoms with E-state index in [0.29, 0.717) is 4.47 Å². The number of anilines is 1. The maximum absolute atomic E-state index is 11.6. The number of hydrogen-bond acceptors (Lipinski definition) is 3. The zero-order valence-electron chi connectivity index (χ0n) is 8.25. The van der Waals surface area contributed by atoms with Gasteiger partial charge in [0.25, 0.3) is 0 Å². The van der Waals surface area contributed by atoms with Crippen LogP contribution in [0.4, 0.5) is 5.82 Å². The molecule has 0 saturated heterocycles. The van der Waals surface area contributed by atoms with Gasteiger partial charge in [0, 0.05) is 6.20 Å². The first-order chi connectivity index (χ1) is 7.33. The zero-order valence-corrected chi connectivity index (χ0v) is 11.4. The maximum Gasteiger partial charge on any atom is 0.230 e. The second kappa shape index (κ2) is 3.68. The van der Waals surface area contributed by atoms with E-state index in [4.69, 9.17) is 0 Å². The average molecular weight is 352 g/mol. The number of aliphatic hydroxyl groups is 1. The van der Waals surface area contributed by atoms with Crippen LogP contribution in [-0.4, -0.2) is 15.6 Å². The summed E-state index contributed by atoms with van der Waals surface area (Å²) in [6.07, 6.45) is 1.41. The van der Waals surface area contributed by atoms with Crippen molar-refractivity contribution in [3.05, 3.63) is 25.4 Å². The normalized spacial score (nSPS) is 23.9. The van der Waals surface area contributed by atoms with Crippen LogP contribution in [-0.2, 0) is 10.5 Å². The summed E-state index contributed by atoms with van der Waals surface area (Å²) in [5.74, 6) is -0.0538. The fourth-order valence-corrected chi connectivity index (χ4v) is 2.79. The van der Waals surface area contributed by atoms with Gasteiger partial charge in [0.1, 0.15) is 16.0 Å². The predicted octanol–water partition coefficient (Wildman–Crippen LogP) is 1.38. The van der Waals surface area contributed by atoms with Crippen LogP contribution in [0.5, 0.6) is 0 Å². The highest BCUT2D eigenvalue weighted by Gasteiger charge is 2.34. The standard InChI is InChI=1S/C9H8Br2N2O3/c1-9(16)2-5(14)12-8-6(11)7(15)4(10)3-13(8)9/h3,16H,2H2,1H3,(H,12,14). The molecule has 0 fully saturated rings. The van der Waals surface area contributed by atoms with E-state index in [1.807, 2.05) is 0 Å². The Morgan fingerprint density at radius 1 is 1.50 bits per heavy atom. The molecule has 2 N–H and O–H groups in total. The Bertz CT molecular complexity index is 536. The summed E-state index contributed by atoms with van der Waals surface area (Å²) in [5, 5.41) is 12.6. The van der Waals surface area contributed by atoms with Gasteiger partial charge in [-0.3, -0.25) is 9.59 Å². The number of nitrogens with one attached hydrogen (secondary N) is 1. The van der Waals surface area contributed by atoms with Crippen molar-refractivity contribution >= 4 is 43.6 Å². The molecule has 1 aromatic rings. The van der Waals surface area contributed by atoms with Crippen molar-refractivity contribution in [1.29, 1.82) is 0 Å². The summed E-state index contributed by atoms with van der Waals surface area (Å²) in [7, 11) is 0. The van der Waals surface area contributed by atoms with E-state index in [-0.39, 0.29) is 28.0 Å². The van der Waals surface area contributed by atoms with Gasteiger partial charge in [-0.15, -0.1) is 0 Å². The maximum atomic E-state index is 11.6. The number of halogens is 2. The van der Waals surface area contributed by atoms with Crippen molar-refractivity contribution in [2.45, 2.75) is 19.1 Å². The van der Waals surface area contributed by atoms with Gasteiger partial charge in [-0.2, -0.15) is 0 Å². The minimum absolute atomic E-state index is 0.0538. The molecule has 0 radical (unpaired) electrons. The smallest absolute Gasteiger partial charge is 0.230 e. The molecule has 0 aliphatic carbocycles. The summed E-state index contributed by atoms with van der Waals surface area (Å²) < 4.78 is 1.99. The van der Waals surface area contributed by atoms with Crippen LogP contribution in [0.25, 0.3) is 0 Å². The molecule has 0 saturated carbocycles. The van der Waals surface area contributed by atoms with Crippen molar-refractivity contribution in [3.63, 3.8) is 0 Å². The Kier molecular flexibility index (Phi) is 2.72. The third-order valence-corrected chi connectivity index (χ3v) is 3.68. The number of nitrogens with zero attached hydrogens (tertiary/aromatic N) is 1. The predicted molar refractivity (Wildman–Crippen MR) is 65.2 cm³/mol. The minimum atomic E-state index is -1.34. The molecular formula is C9H8Br2N2O3. The first-order valence-corrected chi connectivity index (χ1v) is 6.05. The van der Waals surface area contributed by atoms with E-state index >= 15 is 0 Å². The van der Waals surface area contributed by atoms with Gasteiger partial charge in [0.15, 0.2) is 0 Å². The molecule has 0 spiro atoms. The van der Waals surface area contributed by atoms with Crippen molar-refractivity contribution in [1.82, 2.24) is 4.57 Å². The first-order valence-electron chi connectivity index (χ1n) is 4.46. The number of carbonyl (C=O) groups is 1. The van der Waals surface area contributed by atoms with E-state index in [1.165, 1.54) is 17.7 Å². The molecule has 1 atom stereocenters. The highest BCUT2D eigenvalue weighted by Crippen LogP contribution is 2.32. The van der Waals surface area contributed by atoms with Crippen LogP contribution in [0.2, 0.25) is 0 Å². The molecule has 2 rings (SSSR count). The molecule has 1 aromatic heterocycles. The average Bonchev–Trinajstić information content (AvgIpc) is 2.16. The molecule has 1 unspecified atom stereocenters. The minimum Gasteiger partial charge on any atom is -0.370 e. The Morgan fingerprint density at radius 2 is 2.12 bits per heavy atom. The zero-order chi connectivity index (χ0) is 12.1. The number of fused-ring (bicyclic) bond motifs is 1. The van der Waals surface area contributed by atoms with Crippen molar-refractivity contribution in [2.75, 3.05) is 5.32 Å². The molecule has 1 aliphatic heterocycles. The Morgan fingerprint density at radius 3 is 2.75 bits per heavy atom. The van der Waals surface area contributed by atoms with Gasteiger partial charge in [0.2, 0.25) is 11.3 Å². The number of pyridine rings is 1. The lowest BCUT2D eigenvalue weighted by Gasteiger charge is -2.34. The van der Waals surface area contributed by atoms with Gasteiger partial charge in [-0.05, 0) is 38.8 Å². The third kappa shape index (κ3) is 1.72. The van der Waals surface area contributed by atoms with E-state index < -0.39 is 5.72 Å². The molecule has 16 heavy (non-hydrogen) atoms. The molecule has 5 nitrogen and oxygen atoms in total. The Labute approximate surface area is 108 Å². The van der Waals surface area contributed by atoms with E-state index in [2.05, 4.69) is 37.2 Å². The molecule has 86 valence electrons. The fraction of sp³-hybridized carbons (Fsp3) is 0.333. The van der Waals surface area contributed by atoms with E-state index in [1.54, 1.807) is 0 Å². The SMILES string of the molecule is CC1(O)CC(=O)Nc2c(Br)c(=O)c(Br)cn21. The monoisotopic (exact) mass is 350 g/mol. The lowest BCUT2D eigenvalue weighted by atomic mass is 10.1. The number of carbonyl (C=O) groups excluding carboxylic acids is 1. The number of hydrogen-bond donors (Lipinski definition) is 2. The van der Waals surface area contributed by atoms with E-state index in [9.17, 15) is 14.7 Å². The number of rotatable bonds is 0. The van der Waals surface area contributed by atoms with Gasteiger partial charge in [-0.25, -0.2) is 0 Å². The third-order valence-electron chi connectivity index (χ3n) is 2.38. The van der Waals surface area contributed by atoms with Crippen molar-refractivity contribution in [2.24, 2.45) is 0 Å². The topological polar surface area (TPSA) is 71.3 Å². The van der Waals surface area contributed by atoms with Gasteiger partial charge in [-0.1, -0.05) is 0 Å². The molecule has 7 heteroatoms. The van der Waals surface area contributed by atoms with Gasteiger partial charge < -0.3 is 15.0 Å². The highest BCUT2D eigenvalue weighted by molar-refractivity contribution is 9.11. The number of amides is 1. The largest absolute Gasteiger partial charge is 0.370 e. The molecular weight excluding hydrogens is 344 g/mol. The molecule has 1 aliphatic rings. The van der Waals surface area contributed by atoms with Crippen LogP contribution in [0.1, 0.15) is 13.3 Å². The van der Waals surface area contributed by atoms with E-state index in [0.717, 1.165) is 0 Å². The van der Waals surface area contributed by atoms with Crippen LogP contribution in [0.3, 0.4) is 0 Å². The molecule has 0 aromatic carbocycles. The van der Waals surface area contributed by atoms with Crippen molar-refractivity contribution < 1.29 is 9.90 Å². The second-order valence-electron chi connectivity index (χ2n) is 3.78. The van der Waals surface area contributed by atoms with Crippen LogP contribution >= 0.6 is 31.9 Å². The molecule has 0 bridgehead atoms. The fourth-order valence-electron chi connectivity index (χ4n) is 1.62. The number of aromatic nitrogens is 1. The highest BCUT2D eigenvalue weighted by atomic mass is 79.9. The Hall–Kier alpha value is -0.660. The van der Waals surface area contributed by atoms with Crippen LogP contribution in [0, 0.1) is 0 Å².